The van der Waals surface area contributed by atoms with E-state index < -0.39 is 11.6 Å². The van der Waals surface area contributed by atoms with E-state index in [2.05, 4.69) is 6.58 Å². The van der Waals surface area contributed by atoms with Gasteiger partial charge in [0.15, 0.2) is 11.6 Å². The number of hydrogen-bond donors (Lipinski definition) is 0. The van der Waals surface area contributed by atoms with E-state index in [1.807, 2.05) is 0 Å². The maximum absolute atomic E-state index is 14.0. The average molecular weight is 449 g/mol. The van der Waals surface area contributed by atoms with Crippen molar-refractivity contribution in [2.24, 2.45) is 5.92 Å². The summed E-state index contributed by atoms with van der Waals surface area (Å²) in [5.41, 5.74) is 0.581. The van der Waals surface area contributed by atoms with Gasteiger partial charge in [0, 0.05) is 6.08 Å². The second-order valence-corrected chi connectivity index (χ2v) is 9.41. The molecule has 0 amide bonds. The fourth-order valence-corrected chi connectivity index (χ4v) is 4.96. The van der Waals surface area contributed by atoms with E-state index in [4.69, 9.17) is 4.74 Å². The Morgan fingerprint density at radius 2 is 1.44 bits per heavy atom. The van der Waals surface area contributed by atoms with Crippen LogP contribution < -0.4 is 0 Å². The Kier molecular flexibility index (Phi) is 13.3. The number of ether oxygens (including phenoxy) is 1. The van der Waals surface area contributed by atoms with Crippen LogP contribution in [0.2, 0.25) is 0 Å². The number of hydrogen-bond acceptors (Lipinski definition) is 2. The third kappa shape index (κ3) is 10.3. The predicted molar refractivity (Wildman–Crippen MR) is 128 cm³/mol. The van der Waals surface area contributed by atoms with Gasteiger partial charge >= 0.3 is 5.97 Å². The highest BCUT2D eigenvalue weighted by atomic mass is 19.2. The van der Waals surface area contributed by atoms with Gasteiger partial charge < -0.3 is 4.74 Å². The Labute approximate surface area is 193 Å². The van der Waals surface area contributed by atoms with Crippen LogP contribution in [0.1, 0.15) is 114 Å². The summed E-state index contributed by atoms with van der Waals surface area (Å²) in [5.74, 6) is -0.717. The first kappa shape index (κ1) is 26.5. The summed E-state index contributed by atoms with van der Waals surface area (Å²) in [6.07, 6.45) is 20.6. The Balaban J connectivity index is 1.37. The van der Waals surface area contributed by atoms with Crippen molar-refractivity contribution in [1.29, 1.82) is 0 Å². The van der Waals surface area contributed by atoms with Crippen LogP contribution in [-0.2, 0) is 9.53 Å². The molecular weight excluding hydrogens is 406 g/mol. The third-order valence-corrected chi connectivity index (χ3v) is 6.94. The monoisotopic (exact) mass is 448 g/mol. The van der Waals surface area contributed by atoms with E-state index in [1.165, 1.54) is 76.4 Å². The Morgan fingerprint density at radius 3 is 2.03 bits per heavy atom. The topological polar surface area (TPSA) is 26.3 Å². The van der Waals surface area contributed by atoms with Crippen LogP contribution in [0.5, 0.6) is 0 Å². The molecule has 1 aromatic carbocycles. The fourth-order valence-electron chi connectivity index (χ4n) is 4.96. The molecule has 180 valence electrons. The average Bonchev–Trinajstić information content (AvgIpc) is 2.81. The molecule has 0 bridgehead atoms. The van der Waals surface area contributed by atoms with Crippen LogP contribution in [-0.4, -0.2) is 12.6 Å². The minimum Gasteiger partial charge on any atom is -0.463 e. The van der Waals surface area contributed by atoms with E-state index in [1.54, 1.807) is 12.1 Å². The maximum atomic E-state index is 14.0. The molecule has 0 unspecified atom stereocenters. The zero-order valence-electron chi connectivity index (χ0n) is 19.8. The van der Waals surface area contributed by atoms with Crippen LogP contribution in [0.4, 0.5) is 8.78 Å². The standard InChI is InChI=1S/C28H42F2O2/c1-2-27(31)32-22-13-11-9-7-5-3-4-6-8-10-12-15-23-18-20-24(21-19-23)25-16-14-17-26(29)28(25)30/h2,14,16-17,23-24H,1,3-13,15,18-22H2/t23-,24-. The number of rotatable bonds is 16. The number of carbonyl (C=O) groups is 1. The first-order chi connectivity index (χ1) is 15.6. The molecule has 0 aliphatic heterocycles. The van der Waals surface area contributed by atoms with E-state index in [-0.39, 0.29) is 11.9 Å². The molecule has 2 rings (SSSR count). The molecular formula is C28H42F2O2. The second kappa shape index (κ2) is 16.0. The number of carbonyl (C=O) groups excluding carboxylic acids is 1. The molecule has 1 aromatic rings. The lowest BCUT2D eigenvalue weighted by atomic mass is 9.77. The molecule has 0 saturated heterocycles. The van der Waals surface area contributed by atoms with E-state index >= 15 is 0 Å². The van der Waals surface area contributed by atoms with Gasteiger partial charge in [-0.2, -0.15) is 0 Å². The van der Waals surface area contributed by atoms with Gasteiger partial charge in [-0.05, 0) is 55.6 Å². The van der Waals surface area contributed by atoms with Gasteiger partial charge in [0.25, 0.3) is 0 Å². The molecule has 32 heavy (non-hydrogen) atoms. The molecule has 1 saturated carbocycles. The summed E-state index contributed by atoms with van der Waals surface area (Å²) < 4.78 is 32.4. The minimum atomic E-state index is -0.714. The summed E-state index contributed by atoms with van der Waals surface area (Å²) in [6, 6.07) is 4.60. The zero-order valence-corrected chi connectivity index (χ0v) is 19.8. The Bertz CT molecular complexity index is 665. The van der Waals surface area contributed by atoms with Gasteiger partial charge in [-0.1, -0.05) is 89.3 Å². The normalized spacial score (nSPS) is 18.4. The summed E-state index contributed by atoms with van der Waals surface area (Å²) in [7, 11) is 0. The van der Waals surface area contributed by atoms with Crippen molar-refractivity contribution in [1.82, 2.24) is 0 Å². The lowest BCUT2D eigenvalue weighted by Crippen LogP contribution is -2.14. The summed E-state index contributed by atoms with van der Waals surface area (Å²) in [4.78, 5) is 10.9. The SMILES string of the molecule is C=CC(=O)OCCCCCCCCCCCCC[C@H]1CC[C@H](c2cccc(F)c2F)CC1. The number of esters is 1. The lowest BCUT2D eigenvalue weighted by molar-refractivity contribution is -0.137. The van der Waals surface area contributed by atoms with E-state index in [9.17, 15) is 13.6 Å². The van der Waals surface area contributed by atoms with E-state index in [0.717, 1.165) is 44.4 Å². The van der Waals surface area contributed by atoms with Crippen molar-refractivity contribution < 1.29 is 18.3 Å². The third-order valence-electron chi connectivity index (χ3n) is 6.94. The van der Waals surface area contributed by atoms with Crippen molar-refractivity contribution in [2.75, 3.05) is 6.61 Å². The lowest BCUT2D eigenvalue weighted by Gasteiger charge is -2.29. The van der Waals surface area contributed by atoms with Crippen molar-refractivity contribution >= 4 is 5.97 Å². The quantitative estimate of drug-likeness (QED) is 0.144. The van der Waals surface area contributed by atoms with Crippen molar-refractivity contribution in [2.45, 2.75) is 109 Å². The van der Waals surface area contributed by atoms with E-state index in [0.29, 0.717) is 12.2 Å². The summed E-state index contributed by atoms with van der Waals surface area (Å²) >= 11 is 0. The highest BCUT2D eigenvalue weighted by molar-refractivity contribution is 5.81. The van der Waals surface area contributed by atoms with Gasteiger partial charge in [0.1, 0.15) is 0 Å². The Morgan fingerprint density at radius 1 is 0.875 bits per heavy atom. The molecule has 1 aliphatic rings. The second-order valence-electron chi connectivity index (χ2n) is 9.41. The zero-order chi connectivity index (χ0) is 23.0. The molecule has 0 aromatic heterocycles. The van der Waals surface area contributed by atoms with Gasteiger partial charge in [0.2, 0.25) is 0 Å². The van der Waals surface area contributed by atoms with Crippen molar-refractivity contribution in [3.63, 3.8) is 0 Å². The summed E-state index contributed by atoms with van der Waals surface area (Å²) in [5, 5.41) is 0. The van der Waals surface area contributed by atoms with Crippen LogP contribution in [0, 0.1) is 17.6 Å². The molecule has 1 aliphatic carbocycles. The predicted octanol–water partition coefficient (Wildman–Crippen LogP) is 8.65. The number of unbranched alkanes of at least 4 members (excludes halogenated alkanes) is 10. The van der Waals surface area contributed by atoms with Gasteiger partial charge in [-0.25, -0.2) is 13.6 Å². The van der Waals surface area contributed by atoms with Crippen molar-refractivity contribution in [3.8, 4) is 0 Å². The molecule has 0 heterocycles. The Hall–Kier alpha value is -1.71. The van der Waals surface area contributed by atoms with Crippen LogP contribution in [0.3, 0.4) is 0 Å². The van der Waals surface area contributed by atoms with Crippen LogP contribution in [0.25, 0.3) is 0 Å². The number of benzene rings is 1. The first-order valence-electron chi connectivity index (χ1n) is 12.8. The summed E-state index contributed by atoms with van der Waals surface area (Å²) in [6.45, 7) is 3.90. The van der Waals surface area contributed by atoms with Gasteiger partial charge in [0.05, 0.1) is 6.61 Å². The van der Waals surface area contributed by atoms with Crippen molar-refractivity contribution in [3.05, 3.63) is 48.1 Å². The largest absolute Gasteiger partial charge is 0.463 e. The molecule has 4 heteroatoms. The maximum Gasteiger partial charge on any atom is 0.330 e. The van der Waals surface area contributed by atoms with Gasteiger partial charge in [-0.3, -0.25) is 0 Å². The smallest absolute Gasteiger partial charge is 0.330 e. The van der Waals surface area contributed by atoms with Crippen LogP contribution >= 0.6 is 0 Å². The highest BCUT2D eigenvalue weighted by Crippen LogP contribution is 2.38. The van der Waals surface area contributed by atoms with Crippen LogP contribution in [0.15, 0.2) is 30.9 Å². The fraction of sp³-hybridized carbons (Fsp3) is 0.679. The highest BCUT2D eigenvalue weighted by Gasteiger charge is 2.25. The molecule has 0 atom stereocenters. The molecule has 1 fully saturated rings. The first-order valence-corrected chi connectivity index (χ1v) is 12.8. The molecule has 0 spiro atoms. The molecule has 0 N–H and O–H groups in total. The number of halogens is 2. The molecule has 2 nitrogen and oxygen atoms in total. The minimum absolute atomic E-state index is 0.191. The molecule has 0 radical (unpaired) electrons. The van der Waals surface area contributed by atoms with Gasteiger partial charge in [-0.15, -0.1) is 0 Å².